The molecule has 16 heavy (non-hydrogen) atoms. The van der Waals surface area contributed by atoms with Gasteiger partial charge in [-0.25, -0.2) is 0 Å². The number of aryl methyl sites for hydroxylation is 1. The second-order valence-corrected chi connectivity index (χ2v) is 4.64. The maximum Gasteiger partial charge on any atom is 0.0965 e. The Morgan fingerprint density at radius 2 is 2.25 bits per heavy atom. The number of nitrogens with zero attached hydrogens (tertiary/aromatic N) is 3. The van der Waals surface area contributed by atoms with Gasteiger partial charge in [0.1, 0.15) is 0 Å². The summed E-state index contributed by atoms with van der Waals surface area (Å²) in [5.41, 5.74) is 1.08. The molecule has 2 N–H and O–H groups in total. The molecule has 1 rings (SSSR count). The lowest BCUT2D eigenvalue weighted by Crippen LogP contribution is -2.37. The standard InChI is InChI=1S/C11H22N4O/c1-4-11(2,3)12-8-10-9-15(14-13-10)6-5-7-16/h9,12,16H,4-8H2,1-3H3. The number of aliphatic hydroxyl groups excluding tert-OH is 1. The summed E-state index contributed by atoms with van der Waals surface area (Å²) in [6, 6.07) is 0. The summed E-state index contributed by atoms with van der Waals surface area (Å²) in [6.07, 6.45) is 3.72. The molecule has 1 aromatic rings. The van der Waals surface area contributed by atoms with Crippen molar-refractivity contribution in [1.29, 1.82) is 0 Å². The van der Waals surface area contributed by atoms with Crippen molar-refractivity contribution in [2.45, 2.75) is 52.2 Å². The minimum atomic E-state index is 0.134. The van der Waals surface area contributed by atoms with Crippen molar-refractivity contribution in [2.24, 2.45) is 0 Å². The Kier molecular flexibility index (Phi) is 4.89. The molecule has 5 nitrogen and oxygen atoms in total. The van der Waals surface area contributed by atoms with Gasteiger partial charge in [-0.2, -0.15) is 0 Å². The number of rotatable bonds is 7. The van der Waals surface area contributed by atoms with Gasteiger partial charge >= 0.3 is 0 Å². The second kappa shape index (κ2) is 5.96. The fraction of sp³-hybridized carbons (Fsp3) is 0.818. The summed E-state index contributed by atoms with van der Waals surface area (Å²) in [7, 11) is 0. The fourth-order valence-corrected chi connectivity index (χ4v) is 1.22. The molecule has 0 saturated carbocycles. The minimum absolute atomic E-state index is 0.134. The molecule has 0 aliphatic rings. The van der Waals surface area contributed by atoms with E-state index in [-0.39, 0.29) is 12.1 Å². The largest absolute Gasteiger partial charge is 0.396 e. The first-order valence-corrected chi connectivity index (χ1v) is 5.82. The first kappa shape index (κ1) is 13.1. The van der Waals surface area contributed by atoms with Crippen LogP contribution in [0.1, 0.15) is 39.3 Å². The van der Waals surface area contributed by atoms with Crippen molar-refractivity contribution in [3.8, 4) is 0 Å². The molecule has 1 aromatic heterocycles. The van der Waals surface area contributed by atoms with Crippen molar-refractivity contribution < 1.29 is 5.11 Å². The highest BCUT2D eigenvalue weighted by Gasteiger charge is 2.14. The highest BCUT2D eigenvalue weighted by Crippen LogP contribution is 2.07. The molecule has 5 heteroatoms. The Labute approximate surface area is 96.9 Å². The molecule has 0 spiro atoms. The van der Waals surface area contributed by atoms with Gasteiger partial charge in [-0.3, -0.25) is 4.68 Å². The van der Waals surface area contributed by atoms with E-state index in [9.17, 15) is 0 Å². The smallest absolute Gasteiger partial charge is 0.0965 e. The van der Waals surface area contributed by atoms with Crippen molar-refractivity contribution in [3.05, 3.63) is 11.9 Å². The molecule has 0 fully saturated rings. The molecular formula is C11H22N4O. The normalized spacial score (nSPS) is 12.0. The van der Waals surface area contributed by atoms with Crippen LogP contribution in [0.25, 0.3) is 0 Å². The summed E-state index contributed by atoms with van der Waals surface area (Å²) in [4.78, 5) is 0. The lowest BCUT2D eigenvalue weighted by Gasteiger charge is -2.23. The van der Waals surface area contributed by atoms with Gasteiger partial charge in [-0.15, -0.1) is 5.10 Å². The van der Waals surface area contributed by atoms with E-state index in [1.54, 1.807) is 4.68 Å². The van der Waals surface area contributed by atoms with Crippen LogP contribution < -0.4 is 5.32 Å². The van der Waals surface area contributed by atoms with Crippen LogP contribution in [-0.2, 0) is 13.1 Å². The summed E-state index contributed by atoms with van der Waals surface area (Å²) < 4.78 is 1.77. The first-order chi connectivity index (χ1) is 7.57. The molecule has 1 heterocycles. The van der Waals surface area contributed by atoms with Crippen LogP contribution in [0, 0.1) is 0 Å². The van der Waals surface area contributed by atoms with Crippen molar-refractivity contribution in [2.75, 3.05) is 6.61 Å². The Hall–Kier alpha value is -0.940. The van der Waals surface area contributed by atoms with E-state index in [1.165, 1.54) is 0 Å². The third-order valence-corrected chi connectivity index (χ3v) is 2.76. The lowest BCUT2D eigenvalue weighted by atomic mass is 10.0. The van der Waals surface area contributed by atoms with Crippen molar-refractivity contribution in [1.82, 2.24) is 20.3 Å². The molecule has 0 saturated heterocycles. The summed E-state index contributed by atoms with van der Waals surface area (Å²) in [5.74, 6) is 0. The Balaban J connectivity index is 2.40. The van der Waals surface area contributed by atoms with Gasteiger partial charge in [-0.1, -0.05) is 12.1 Å². The molecule has 0 atom stereocenters. The van der Waals surface area contributed by atoms with E-state index in [1.807, 2.05) is 6.20 Å². The molecule has 0 amide bonds. The van der Waals surface area contributed by atoms with E-state index in [4.69, 9.17) is 5.11 Å². The van der Waals surface area contributed by atoms with Crippen LogP contribution in [0.3, 0.4) is 0 Å². The van der Waals surface area contributed by atoms with E-state index in [0.29, 0.717) is 0 Å². The zero-order valence-electron chi connectivity index (χ0n) is 10.4. The maximum atomic E-state index is 8.70. The third kappa shape index (κ3) is 4.28. The second-order valence-electron chi connectivity index (χ2n) is 4.64. The van der Waals surface area contributed by atoms with Crippen LogP contribution in [0.4, 0.5) is 0 Å². The average molecular weight is 226 g/mol. The number of nitrogens with one attached hydrogen (secondary N) is 1. The number of aromatic nitrogens is 3. The van der Waals surface area contributed by atoms with Crippen LogP contribution >= 0.6 is 0 Å². The molecule has 0 radical (unpaired) electrons. The molecule has 0 unspecified atom stereocenters. The lowest BCUT2D eigenvalue weighted by molar-refractivity contribution is 0.276. The highest BCUT2D eigenvalue weighted by molar-refractivity contribution is 4.93. The highest BCUT2D eigenvalue weighted by atomic mass is 16.3. The van der Waals surface area contributed by atoms with E-state index in [0.717, 1.165) is 31.6 Å². The van der Waals surface area contributed by atoms with E-state index in [2.05, 4.69) is 36.4 Å². The van der Waals surface area contributed by atoms with Crippen molar-refractivity contribution in [3.63, 3.8) is 0 Å². The van der Waals surface area contributed by atoms with Gasteiger partial charge in [0.15, 0.2) is 0 Å². The SMILES string of the molecule is CCC(C)(C)NCc1cn(CCCO)nn1. The predicted molar refractivity (Wildman–Crippen MR) is 62.9 cm³/mol. The van der Waals surface area contributed by atoms with Gasteiger partial charge in [0.05, 0.1) is 5.69 Å². The third-order valence-electron chi connectivity index (χ3n) is 2.76. The van der Waals surface area contributed by atoms with Crippen LogP contribution in [0.15, 0.2) is 6.20 Å². The summed E-state index contributed by atoms with van der Waals surface area (Å²) in [6.45, 7) is 8.15. The Morgan fingerprint density at radius 1 is 1.50 bits per heavy atom. The maximum absolute atomic E-state index is 8.70. The molecular weight excluding hydrogens is 204 g/mol. The van der Waals surface area contributed by atoms with Crippen LogP contribution in [0.2, 0.25) is 0 Å². The monoisotopic (exact) mass is 226 g/mol. The molecule has 0 aliphatic carbocycles. The quantitative estimate of drug-likeness (QED) is 0.726. The van der Waals surface area contributed by atoms with Gasteiger partial charge < -0.3 is 10.4 Å². The fourth-order valence-electron chi connectivity index (χ4n) is 1.22. The first-order valence-electron chi connectivity index (χ1n) is 5.82. The van der Waals surface area contributed by atoms with Gasteiger partial charge in [0, 0.05) is 31.4 Å². The molecule has 0 aliphatic heterocycles. The van der Waals surface area contributed by atoms with Crippen molar-refractivity contribution >= 4 is 0 Å². The average Bonchev–Trinajstić information content (AvgIpc) is 2.72. The van der Waals surface area contributed by atoms with E-state index < -0.39 is 0 Å². The summed E-state index contributed by atoms with van der Waals surface area (Å²) in [5, 5.41) is 20.2. The number of aliphatic hydroxyl groups is 1. The van der Waals surface area contributed by atoms with Gasteiger partial charge in [0.2, 0.25) is 0 Å². The Bertz CT molecular complexity index is 309. The number of hydrogen-bond donors (Lipinski definition) is 2. The molecule has 0 bridgehead atoms. The van der Waals surface area contributed by atoms with Gasteiger partial charge in [0.25, 0.3) is 0 Å². The van der Waals surface area contributed by atoms with Gasteiger partial charge in [-0.05, 0) is 26.7 Å². The molecule has 92 valence electrons. The van der Waals surface area contributed by atoms with E-state index >= 15 is 0 Å². The molecule has 0 aromatic carbocycles. The minimum Gasteiger partial charge on any atom is -0.396 e. The van der Waals surface area contributed by atoms with Crippen LogP contribution in [-0.4, -0.2) is 32.2 Å². The predicted octanol–water partition coefficient (Wildman–Crippen LogP) is 0.939. The topological polar surface area (TPSA) is 63.0 Å². The zero-order chi connectivity index (χ0) is 12.0. The number of hydrogen-bond acceptors (Lipinski definition) is 4. The Morgan fingerprint density at radius 3 is 2.88 bits per heavy atom. The van der Waals surface area contributed by atoms with Crippen LogP contribution in [0.5, 0.6) is 0 Å². The summed E-state index contributed by atoms with van der Waals surface area (Å²) >= 11 is 0. The zero-order valence-corrected chi connectivity index (χ0v) is 10.4.